The Morgan fingerprint density at radius 3 is 1.44 bits per heavy atom. The lowest BCUT2D eigenvalue weighted by atomic mass is 10.1. The van der Waals surface area contributed by atoms with Gasteiger partial charge in [-0.3, -0.25) is 12.5 Å². The predicted molar refractivity (Wildman–Crippen MR) is 234 cm³/mol. The minimum Gasteiger partial charge on any atom is -0.324 e. The highest BCUT2D eigenvalue weighted by Gasteiger charge is 2.22. The molecule has 0 saturated carbocycles. The lowest BCUT2D eigenvalue weighted by Crippen LogP contribution is -2.09. The van der Waals surface area contributed by atoms with E-state index in [0.29, 0.717) is 22.4 Å². The molecule has 0 amide bonds. The van der Waals surface area contributed by atoms with Crippen LogP contribution in [0, 0.1) is 0 Å². The number of para-hydroxylation sites is 1. The first-order valence-corrected chi connectivity index (χ1v) is 23.0. The third-order valence-electron chi connectivity index (χ3n) is 8.74. The van der Waals surface area contributed by atoms with Gasteiger partial charge < -0.3 is 10.6 Å². The van der Waals surface area contributed by atoms with Gasteiger partial charge in [0.05, 0.1) is 21.3 Å². The van der Waals surface area contributed by atoms with Crippen LogP contribution in [0.15, 0.2) is 106 Å². The summed E-state index contributed by atoms with van der Waals surface area (Å²) in [5.74, 6) is 0.582. The van der Waals surface area contributed by atoms with Gasteiger partial charge in [-0.15, -0.1) is 0 Å². The second-order valence-corrected chi connectivity index (χ2v) is 18.6. The molecule has 22 heteroatoms. The first-order valence-electron chi connectivity index (χ1n) is 18.0. The minimum absolute atomic E-state index is 0.00983. The maximum absolute atomic E-state index is 13.2. The van der Waals surface area contributed by atoms with Crippen LogP contribution >= 0.6 is 23.2 Å². The van der Waals surface area contributed by atoms with E-state index in [4.69, 9.17) is 35.8 Å². The molecule has 322 valence electrons. The maximum atomic E-state index is 13.2. The van der Waals surface area contributed by atoms with Gasteiger partial charge in [0.2, 0.25) is 22.5 Å². The van der Waals surface area contributed by atoms with Crippen LogP contribution in [0.1, 0.15) is 46.4 Å². The highest BCUT2D eigenvalue weighted by molar-refractivity contribution is 7.87. The van der Waals surface area contributed by atoms with E-state index >= 15 is 0 Å². The summed E-state index contributed by atoms with van der Waals surface area (Å²) in [6.07, 6.45) is 6.27. The Hall–Kier alpha value is -5.71. The molecule has 0 unspecified atom stereocenters. The van der Waals surface area contributed by atoms with E-state index in [2.05, 4.69) is 40.5 Å². The molecule has 0 spiro atoms. The fourth-order valence-electron chi connectivity index (χ4n) is 5.88. The highest BCUT2D eigenvalue weighted by atomic mass is 35.5. The van der Waals surface area contributed by atoms with Crippen molar-refractivity contribution in [3.63, 3.8) is 0 Å². The number of nitrogens with one attached hydrogen (secondary N) is 2. The van der Waals surface area contributed by atoms with Crippen LogP contribution in [0.3, 0.4) is 0 Å². The van der Waals surface area contributed by atoms with Crippen molar-refractivity contribution in [3.8, 4) is 0 Å². The van der Waals surface area contributed by atoms with E-state index in [1.165, 1.54) is 42.5 Å². The normalized spacial score (nSPS) is 12.3. The summed E-state index contributed by atoms with van der Waals surface area (Å²) < 4.78 is 92.6. The zero-order valence-electron chi connectivity index (χ0n) is 33.1. The van der Waals surface area contributed by atoms with E-state index in [-0.39, 0.29) is 78.5 Å². The Kier molecular flexibility index (Phi) is 14.4. The molecule has 0 aliphatic rings. The number of hydrogen-bond acceptors (Lipinski definition) is 17. The molecule has 2 N–H and O–H groups in total. The van der Waals surface area contributed by atoms with Crippen molar-refractivity contribution in [1.29, 1.82) is 0 Å². The SMILES string of the molecule is C/C=C/c1ccc(Cc2nc(Cl)nc(Cc3ccc(/C=C/c4ccc(Nc5nc(Cl)nc(Nc6ccccc6)n5)cc4S(=O)(=O)OC)c(S(=O)(=O)OC)c3)n2)cc1S(=O)(=O)OC. The summed E-state index contributed by atoms with van der Waals surface area (Å²) in [7, 11) is -9.59. The highest BCUT2D eigenvalue weighted by Crippen LogP contribution is 2.29. The lowest BCUT2D eigenvalue weighted by molar-refractivity contribution is 0.396. The zero-order chi connectivity index (χ0) is 44.7. The molecular formula is C40H36Cl2N8O9S3. The molecule has 6 aromatic rings. The molecule has 2 heterocycles. The van der Waals surface area contributed by atoms with Crippen LogP contribution in [-0.4, -0.2) is 76.5 Å². The topological polar surface area (TPSA) is 232 Å². The fourth-order valence-corrected chi connectivity index (χ4v) is 8.91. The van der Waals surface area contributed by atoms with Crippen molar-refractivity contribution in [3.05, 3.63) is 141 Å². The first-order chi connectivity index (χ1) is 29.5. The van der Waals surface area contributed by atoms with Crippen molar-refractivity contribution in [2.75, 3.05) is 32.0 Å². The Morgan fingerprint density at radius 2 is 0.952 bits per heavy atom. The summed E-state index contributed by atoms with van der Waals surface area (Å²) in [5, 5.41) is 5.69. The third-order valence-corrected chi connectivity index (χ3v) is 13.1. The smallest absolute Gasteiger partial charge is 0.297 e. The molecule has 17 nitrogen and oxygen atoms in total. The summed E-state index contributed by atoms with van der Waals surface area (Å²) in [6, 6.07) is 22.8. The summed E-state index contributed by atoms with van der Waals surface area (Å²) in [4.78, 5) is 24.9. The molecule has 0 bridgehead atoms. The van der Waals surface area contributed by atoms with Gasteiger partial charge in [0, 0.05) is 24.2 Å². The number of halogens is 2. The second-order valence-electron chi connectivity index (χ2n) is 12.9. The summed E-state index contributed by atoms with van der Waals surface area (Å²) >= 11 is 12.4. The van der Waals surface area contributed by atoms with E-state index < -0.39 is 30.4 Å². The number of hydrogen-bond donors (Lipinski definition) is 2. The molecule has 0 aliphatic heterocycles. The van der Waals surface area contributed by atoms with E-state index in [1.54, 1.807) is 55.5 Å². The van der Waals surface area contributed by atoms with Crippen LogP contribution in [0.2, 0.25) is 10.6 Å². The van der Waals surface area contributed by atoms with Crippen molar-refractivity contribution >= 4 is 95.1 Å². The van der Waals surface area contributed by atoms with Gasteiger partial charge in [-0.1, -0.05) is 72.8 Å². The van der Waals surface area contributed by atoms with Crippen LogP contribution < -0.4 is 10.6 Å². The molecule has 0 atom stereocenters. The lowest BCUT2D eigenvalue weighted by Gasteiger charge is -2.12. The number of allylic oxidation sites excluding steroid dienone is 1. The molecule has 4 aromatic carbocycles. The van der Waals surface area contributed by atoms with Gasteiger partial charge in [0.25, 0.3) is 30.4 Å². The second kappa shape index (κ2) is 19.6. The fraction of sp³-hybridized carbons (Fsp3) is 0.150. The van der Waals surface area contributed by atoms with Gasteiger partial charge in [0.1, 0.15) is 26.3 Å². The summed E-state index contributed by atoms with van der Waals surface area (Å²) in [5.41, 5.74) is 2.71. The Bertz CT molecular complexity index is 3030. The maximum Gasteiger partial charge on any atom is 0.297 e. The van der Waals surface area contributed by atoms with Crippen molar-refractivity contribution in [2.24, 2.45) is 0 Å². The quantitative estimate of drug-likeness (QED) is 0.0678. The number of nitrogens with zero attached hydrogens (tertiary/aromatic N) is 6. The molecule has 0 radical (unpaired) electrons. The van der Waals surface area contributed by atoms with Crippen LogP contribution in [-0.2, 0) is 55.7 Å². The standard InChI is InChI=1S/C40H36Cl2N8O9S3/c1-5-9-27-14-12-25(20-32(27)60(51,52)57-2)22-35-45-36(47-37(41)46-35)23-26-13-15-28(33(21-26)61(53,54)58-3)16-17-29-18-19-31(24-34(29)62(55,56)59-4)44-40-49-38(42)48-39(50-40)43-30-10-7-6-8-11-30/h5-21,24H,22-23H2,1-4H3,(H2,43,44,48,49,50)/b9-5+,17-16+. The van der Waals surface area contributed by atoms with E-state index in [1.807, 2.05) is 18.2 Å². The van der Waals surface area contributed by atoms with Crippen molar-refractivity contribution < 1.29 is 37.8 Å². The molecular weight excluding hydrogens is 904 g/mol. The molecule has 62 heavy (non-hydrogen) atoms. The number of rotatable bonds is 17. The Morgan fingerprint density at radius 1 is 0.516 bits per heavy atom. The van der Waals surface area contributed by atoms with E-state index in [9.17, 15) is 25.3 Å². The van der Waals surface area contributed by atoms with Gasteiger partial charge in [-0.05, 0) is 94.3 Å². The Balaban J connectivity index is 1.28. The van der Waals surface area contributed by atoms with Crippen LogP contribution in [0.5, 0.6) is 0 Å². The van der Waals surface area contributed by atoms with Gasteiger partial charge in [-0.2, -0.15) is 40.2 Å². The Labute approximate surface area is 368 Å². The molecule has 0 saturated heterocycles. The summed E-state index contributed by atoms with van der Waals surface area (Å²) in [6.45, 7) is 1.76. The van der Waals surface area contributed by atoms with Crippen molar-refractivity contribution in [1.82, 2.24) is 29.9 Å². The first kappa shape index (κ1) is 45.8. The number of anilines is 4. The largest absolute Gasteiger partial charge is 0.324 e. The predicted octanol–water partition coefficient (Wildman–Crippen LogP) is 7.24. The third kappa shape index (κ3) is 11.4. The monoisotopic (exact) mass is 938 g/mol. The van der Waals surface area contributed by atoms with Gasteiger partial charge in [-0.25, -0.2) is 15.0 Å². The molecule has 0 aliphatic carbocycles. The molecule has 2 aromatic heterocycles. The molecule has 0 fully saturated rings. The number of aromatic nitrogens is 6. The number of benzene rings is 4. The average molecular weight is 940 g/mol. The van der Waals surface area contributed by atoms with Gasteiger partial charge in [0.15, 0.2) is 0 Å². The van der Waals surface area contributed by atoms with Gasteiger partial charge >= 0.3 is 0 Å². The van der Waals surface area contributed by atoms with E-state index in [0.717, 1.165) is 21.3 Å². The van der Waals surface area contributed by atoms with Crippen molar-refractivity contribution in [2.45, 2.75) is 34.5 Å². The van der Waals surface area contributed by atoms with Crippen LogP contribution in [0.25, 0.3) is 18.2 Å². The van der Waals surface area contributed by atoms with Crippen LogP contribution in [0.4, 0.5) is 23.3 Å². The average Bonchev–Trinajstić information content (AvgIpc) is 3.24. The zero-order valence-corrected chi connectivity index (χ0v) is 37.1. The minimum atomic E-state index is -4.33. The molecule has 6 rings (SSSR count).